The molecular weight excluding hydrogens is 497 g/mol. The van der Waals surface area contributed by atoms with Gasteiger partial charge in [-0.3, -0.25) is 14.4 Å². The number of nitrogens with one attached hydrogen (secondary N) is 1. The minimum atomic E-state index is -4.15. The maximum Gasteiger partial charge on any atom is 0.390 e. The minimum absolute atomic E-state index is 0.00868. The number of anilines is 1. The quantitative estimate of drug-likeness (QED) is 0.438. The number of carbonyl (C=O) groups is 3. The normalized spacial score (nSPS) is 26.3. The van der Waals surface area contributed by atoms with Gasteiger partial charge in [0.15, 0.2) is 0 Å². The first-order valence-electron chi connectivity index (χ1n) is 13.9. The van der Waals surface area contributed by atoms with Crippen LogP contribution in [0.5, 0.6) is 0 Å². The monoisotopic (exact) mass is 534 g/mol. The molecule has 2 aliphatic carbocycles. The van der Waals surface area contributed by atoms with Crippen LogP contribution in [0.3, 0.4) is 0 Å². The number of imide groups is 1. The smallest absolute Gasteiger partial charge is 0.379 e. The average molecular weight is 535 g/mol. The Morgan fingerprint density at radius 1 is 1.05 bits per heavy atom. The molecule has 2 heterocycles. The minimum Gasteiger partial charge on any atom is -0.379 e. The second-order valence-corrected chi connectivity index (χ2v) is 11.6. The van der Waals surface area contributed by atoms with Crippen molar-refractivity contribution in [1.29, 1.82) is 0 Å². The van der Waals surface area contributed by atoms with Crippen LogP contribution >= 0.6 is 0 Å². The Hall–Kier alpha value is -2.62. The van der Waals surface area contributed by atoms with Crippen molar-refractivity contribution in [1.82, 2.24) is 14.9 Å². The van der Waals surface area contributed by atoms with Gasteiger partial charge in [0.2, 0.25) is 11.8 Å². The summed E-state index contributed by atoms with van der Waals surface area (Å²) in [5.74, 6) is -0.276. The standard InChI is InChI=1S/C28H37F3N4O3/c1-33(17-16-28(29,30)31)20-11-14-27(15-12-20,13-10-19-8-9-19)32-23-5-2-4-21-22(23)18-34(26(21)38)35-24(36)6-3-7-25(35)37/h2,4-5,19-20,32H,3,6-18H2,1H3. The molecule has 0 atom stereocenters. The zero-order valence-electron chi connectivity index (χ0n) is 22.0. The second kappa shape index (κ2) is 10.5. The topological polar surface area (TPSA) is 73.0 Å². The largest absolute Gasteiger partial charge is 0.390 e. The fraction of sp³-hybridized carbons (Fsp3) is 0.679. The van der Waals surface area contributed by atoms with E-state index in [1.165, 1.54) is 17.9 Å². The van der Waals surface area contributed by atoms with E-state index >= 15 is 0 Å². The Morgan fingerprint density at radius 3 is 2.37 bits per heavy atom. The third-order valence-electron chi connectivity index (χ3n) is 8.86. The van der Waals surface area contributed by atoms with Crippen LogP contribution in [-0.2, 0) is 16.1 Å². The highest BCUT2D eigenvalue weighted by Crippen LogP contribution is 2.43. The van der Waals surface area contributed by atoms with E-state index in [0.717, 1.165) is 60.7 Å². The van der Waals surface area contributed by atoms with Gasteiger partial charge in [0.25, 0.3) is 5.91 Å². The van der Waals surface area contributed by atoms with Crippen molar-refractivity contribution in [2.45, 2.75) is 101 Å². The van der Waals surface area contributed by atoms with Crippen LogP contribution in [-0.4, -0.2) is 64.0 Å². The van der Waals surface area contributed by atoms with Crippen molar-refractivity contribution < 1.29 is 27.6 Å². The maximum absolute atomic E-state index is 13.3. The highest BCUT2D eigenvalue weighted by atomic mass is 19.4. The number of nitrogens with zero attached hydrogens (tertiary/aromatic N) is 3. The molecule has 38 heavy (non-hydrogen) atoms. The van der Waals surface area contributed by atoms with Gasteiger partial charge in [-0.05, 0) is 70.0 Å². The van der Waals surface area contributed by atoms with Gasteiger partial charge in [0.1, 0.15) is 0 Å². The van der Waals surface area contributed by atoms with Crippen molar-refractivity contribution >= 4 is 23.4 Å². The summed E-state index contributed by atoms with van der Waals surface area (Å²) in [6.07, 6.45) is 3.93. The Labute approximate surface area is 221 Å². The average Bonchev–Trinajstić information content (AvgIpc) is 3.65. The molecule has 1 aromatic rings. The SMILES string of the molecule is CN(CCC(F)(F)F)C1CCC(CCC2CC2)(Nc2cccc3c2CN(N2C(=O)CCCC2=O)C3=O)CC1. The van der Waals surface area contributed by atoms with Crippen molar-refractivity contribution in [3.63, 3.8) is 0 Å². The summed E-state index contributed by atoms with van der Waals surface area (Å²) in [6.45, 7) is 0.172. The first kappa shape index (κ1) is 27.0. The molecule has 10 heteroatoms. The summed E-state index contributed by atoms with van der Waals surface area (Å²) in [4.78, 5) is 40.1. The number of hydrazine groups is 1. The molecule has 3 fully saturated rings. The Balaban J connectivity index is 1.31. The molecule has 0 aromatic heterocycles. The van der Waals surface area contributed by atoms with E-state index in [1.54, 1.807) is 13.1 Å². The molecule has 0 radical (unpaired) electrons. The highest BCUT2D eigenvalue weighted by Gasteiger charge is 2.42. The molecule has 2 aliphatic heterocycles. The molecule has 0 bridgehead atoms. The number of alkyl halides is 3. The molecule has 7 nitrogen and oxygen atoms in total. The number of hydrogen-bond acceptors (Lipinski definition) is 5. The lowest BCUT2D eigenvalue weighted by molar-refractivity contribution is -0.163. The van der Waals surface area contributed by atoms with Gasteiger partial charge in [-0.15, -0.1) is 0 Å². The summed E-state index contributed by atoms with van der Waals surface area (Å²) in [6, 6.07) is 5.64. The van der Waals surface area contributed by atoms with E-state index in [1.807, 2.05) is 17.0 Å². The zero-order valence-corrected chi connectivity index (χ0v) is 22.0. The lowest BCUT2D eigenvalue weighted by Crippen LogP contribution is -2.52. The van der Waals surface area contributed by atoms with Gasteiger partial charge < -0.3 is 10.2 Å². The molecule has 1 saturated heterocycles. The van der Waals surface area contributed by atoms with Crippen LogP contribution < -0.4 is 5.32 Å². The van der Waals surface area contributed by atoms with Crippen molar-refractivity contribution in [2.75, 3.05) is 18.9 Å². The predicted octanol–water partition coefficient (Wildman–Crippen LogP) is 5.26. The molecular formula is C28H37F3N4O3. The van der Waals surface area contributed by atoms with Crippen LogP contribution in [0.2, 0.25) is 0 Å². The van der Waals surface area contributed by atoms with Crippen LogP contribution in [0.1, 0.15) is 93.0 Å². The van der Waals surface area contributed by atoms with Crippen LogP contribution in [0.4, 0.5) is 18.9 Å². The number of carbonyl (C=O) groups excluding carboxylic acids is 3. The lowest BCUT2D eigenvalue weighted by Gasteiger charge is -2.44. The number of rotatable bonds is 9. The molecule has 1 aromatic carbocycles. The third-order valence-corrected chi connectivity index (χ3v) is 8.86. The highest BCUT2D eigenvalue weighted by molar-refractivity contribution is 6.05. The fourth-order valence-electron chi connectivity index (χ4n) is 6.30. The number of benzene rings is 1. The fourth-order valence-corrected chi connectivity index (χ4v) is 6.30. The van der Waals surface area contributed by atoms with Crippen LogP contribution in [0.15, 0.2) is 18.2 Å². The predicted molar refractivity (Wildman–Crippen MR) is 136 cm³/mol. The van der Waals surface area contributed by atoms with E-state index in [2.05, 4.69) is 5.32 Å². The number of halogens is 3. The lowest BCUT2D eigenvalue weighted by atomic mass is 9.75. The zero-order chi connectivity index (χ0) is 27.1. The van der Waals surface area contributed by atoms with Crippen LogP contribution in [0.25, 0.3) is 0 Å². The van der Waals surface area contributed by atoms with Gasteiger partial charge in [-0.1, -0.05) is 18.9 Å². The summed E-state index contributed by atoms with van der Waals surface area (Å²) in [7, 11) is 1.79. The Morgan fingerprint density at radius 2 is 1.74 bits per heavy atom. The van der Waals surface area contributed by atoms with E-state index in [4.69, 9.17) is 0 Å². The molecule has 2 saturated carbocycles. The van der Waals surface area contributed by atoms with Gasteiger partial charge in [0, 0.05) is 47.8 Å². The Bertz CT molecular complexity index is 1060. The van der Waals surface area contributed by atoms with E-state index in [-0.39, 0.29) is 55.2 Å². The summed E-state index contributed by atoms with van der Waals surface area (Å²) >= 11 is 0. The molecule has 0 spiro atoms. The van der Waals surface area contributed by atoms with E-state index < -0.39 is 12.6 Å². The maximum atomic E-state index is 13.3. The number of amides is 3. The van der Waals surface area contributed by atoms with E-state index in [9.17, 15) is 27.6 Å². The molecule has 0 unspecified atom stereocenters. The first-order chi connectivity index (χ1) is 18.1. The molecule has 5 rings (SSSR count). The number of fused-ring (bicyclic) bond motifs is 1. The summed E-state index contributed by atoms with van der Waals surface area (Å²) in [5.41, 5.74) is 1.93. The van der Waals surface area contributed by atoms with Crippen molar-refractivity contribution in [2.24, 2.45) is 5.92 Å². The van der Waals surface area contributed by atoms with Gasteiger partial charge in [-0.25, -0.2) is 5.01 Å². The second-order valence-electron chi connectivity index (χ2n) is 11.6. The molecule has 208 valence electrons. The molecule has 3 amide bonds. The van der Waals surface area contributed by atoms with Crippen molar-refractivity contribution in [3.05, 3.63) is 29.3 Å². The summed E-state index contributed by atoms with van der Waals surface area (Å²) in [5, 5.41) is 6.10. The summed E-state index contributed by atoms with van der Waals surface area (Å²) < 4.78 is 38.3. The first-order valence-corrected chi connectivity index (χ1v) is 13.9. The van der Waals surface area contributed by atoms with Gasteiger partial charge in [0.05, 0.1) is 13.0 Å². The number of hydrogen-bond donors (Lipinski definition) is 1. The number of piperidine rings is 1. The molecule has 1 N–H and O–H groups in total. The van der Waals surface area contributed by atoms with Gasteiger partial charge >= 0.3 is 6.18 Å². The third kappa shape index (κ3) is 5.84. The van der Waals surface area contributed by atoms with Crippen molar-refractivity contribution in [3.8, 4) is 0 Å². The van der Waals surface area contributed by atoms with Gasteiger partial charge in [-0.2, -0.15) is 18.2 Å². The van der Waals surface area contributed by atoms with Crippen LogP contribution in [0, 0.1) is 5.92 Å². The molecule has 4 aliphatic rings. The van der Waals surface area contributed by atoms with E-state index in [0.29, 0.717) is 12.0 Å². The Kier molecular flexibility index (Phi) is 7.46.